The zero-order valence-corrected chi connectivity index (χ0v) is 19.0. The molecule has 2 aromatic rings. The molecule has 0 bridgehead atoms. The van der Waals surface area contributed by atoms with Gasteiger partial charge in [-0.3, -0.25) is 4.79 Å². The van der Waals surface area contributed by atoms with Gasteiger partial charge in [0.25, 0.3) is 5.91 Å². The standard InChI is InChI=1S/C26H31N3O4/c1-28-12-8-22(9-13-28)27-24(30)19-4-2-18(3-5-19)20-6-7-23-21(16-20)17-26(33-23)10-14-29(15-11-26)25(31)32/h2-7,16,22H,8-15,17H2,1H3,(H,27,30)(H,31,32)/p-1. The first kappa shape index (κ1) is 21.8. The minimum Gasteiger partial charge on any atom is -0.530 e. The topological polar surface area (TPSA) is 84.9 Å². The van der Waals surface area contributed by atoms with Gasteiger partial charge in [0.05, 0.1) is 0 Å². The maximum atomic E-state index is 12.6. The number of carbonyl (C=O) groups excluding carboxylic acids is 2. The van der Waals surface area contributed by atoms with Crippen LogP contribution in [0.4, 0.5) is 4.79 Å². The van der Waals surface area contributed by atoms with Crippen LogP contribution in [0.25, 0.3) is 11.1 Å². The minimum atomic E-state index is -1.11. The molecule has 33 heavy (non-hydrogen) atoms. The Labute approximate surface area is 194 Å². The Morgan fingerprint density at radius 2 is 1.67 bits per heavy atom. The van der Waals surface area contributed by atoms with E-state index in [0.717, 1.165) is 54.8 Å². The van der Waals surface area contributed by atoms with Crippen molar-refractivity contribution in [3.63, 3.8) is 0 Å². The summed E-state index contributed by atoms with van der Waals surface area (Å²) < 4.78 is 6.29. The normalized spacial score (nSPS) is 20.3. The number of piperidine rings is 2. The second kappa shape index (κ2) is 8.71. The van der Waals surface area contributed by atoms with E-state index in [9.17, 15) is 14.7 Å². The lowest BCUT2D eigenvalue weighted by Crippen LogP contribution is -2.52. The van der Waals surface area contributed by atoms with Crippen LogP contribution in [0, 0.1) is 0 Å². The van der Waals surface area contributed by atoms with Crippen LogP contribution in [0.5, 0.6) is 5.75 Å². The molecule has 0 radical (unpaired) electrons. The van der Waals surface area contributed by atoms with Crippen molar-refractivity contribution in [1.29, 1.82) is 0 Å². The van der Waals surface area contributed by atoms with E-state index in [1.807, 2.05) is 36.4 Å². The number of benzene rings is 2. The van der Waals surface area contributed by atoms with E-state index in [0.29, 0.717) is 31.5 Å². The van der Waals surface area contributed by atoms with Crippen molar-refractivity contribution in [1.82, 2.24) is 15.1 Å². The van der Waals surface area contributed by atoms with Crippen molar-refractivity contribution in [2.45, 2.75) is 43.7 Å². The lowest BCUT2D eigenvalue weighted by molar-refractivity contribution is -0.267. The minimum absolute atomic E-state index is 0.0108. The van der Waals surface area contributed by atoms with E-state index in [-0.39, 0.29) is 17.6 Å². The molecule has 0 atom stereocenters. The van der Waals surface area contributed by atoms with E-state index in [1.54, 1.807) is 0 Å². The van der Waals surface area contributed by atoms with Crippen LogP contribution < -0.4 is 15.2 Å². The highest BCUT2D eigenvalue weighted by Crippen LogP contribution is 2.42. The summed E-state index contributed by atoms with van der Waals surface area (Å²) in [6.45, 7) is 2.93. The predicted molar refractivity (Wildman–Crippen MR) is 123 cm³/mol. The molecule has 174 valence electrons. The fourth-order valence-electron chi connectivity index (χ4n) is 5.22. The smallest absolute Gasteiger partial charge is 0.251 e. The first-order chi connectivity index (χ1) is 15.9. The zero-order valence-electron chi connectivity index (χ0n) is 19.0. The van der Waals surface area contributed by atoms with Gasteiger partial charge in [-0.1, -0.05) is 18.2 Å². The average molecular weight is 449 g/mol. The van der Waals surface area contributed by atoms with E-state index in [1.165, 1.54) is 4.90 Å². The van der Waals surface area contributed by atoms with Gasteiger partial charge in [-0.15, -0.1) is 0 Å². The summed E-state index contributed by atoms with van der Waals surface area (Å²) in [6, 6.07) is 14.2. The third-order valence-electron chi connectivity index (χ3n) is 7.37. The molecule has 1 N–H and O–H groups in total. The molecule has 0 aromatic heterocycles. The van der Waals surface area contributed by atoms with Crippen LogP contribution in [0.15, 0.2) is 42.5 Å². The van der Waals surface area contributed by atoms with E-state index in [4.69, 9.17) is 4.74 Å². The van der Waals surface area contributed by atoms with Gasteiger partial charge in [0.2, 0.25) is 0 Å². The van der Waals surface area contributed by atoms with Crippen LogP contribution in [-0.4, -0.2) is 66.7 Å². The molecule has 7 heteroatoms. The summed E-state index contributed by atoms with van der Waals surface area (Å²) in [7, 11) is 2.11. The molecule has 3 aliphatic heterocycles. The molecule has 2 aromatic carbocycles. The molecule has 1 spiro atoms. The summed E-state index contributed by atoms with van der Waals surface area (Å²) in [5, 5.41) is 14.3. The summed E-state index contributed by atoms with van der Waals surface area (Å²) in [5.74, 6) is 0.873. The first-order valence-electron chi connectivity index (χ1n) is 11.8. The van der Waals surface area contributed by atoms with Gasteiger partial charge in [0.15, 0.2) is 0 Å². The fraction of sp³-hybridized carbons (Fsp3) is 0.462. The van der Waals surface area contributed by atoms with Gasteiger partial charge in [0, 0.05) is 44.0 Å². The van der Waals surface area contributed by atoms with E-state index < -0.39 is 6.09 Å². The van der Waals surface area contributed by atoms with Crippen molar-refractivity contribution in [2.75, 3.05) is 33.2 Å². The second-order valence-corrected chi connectivity index (χ2v) is 9.67. The number of likely N-dealkylation sites (tertiary alicyclic amines) is 2. The zero-order chi connectivity index (χ0) is 23.0. The van der Waals surface area contributed by atoms with Gasteiger partial charge in [-0.25, -0.2) is 0 Å². The molecule has 3 heterocycles. The fourth-order valence-corrected chi connectivity index (χ4v) is 5.22. The predicted octanol–water partition coefficient (Wildman–Crippen LogP) is 2.29. The van der Waals surface area contributed by atoms with Gasteiger partial charge in [-0.2, -0.15) is 0 Å². The van der Waals surface area contributed by atoms with Crippen LogP contribution in [0.3, 0.4) is 0 Å². The number of nitrogens with zero attached hydrogens (tertiary/aromatic N) is 2. The SMILES string of the molecule is CN1CCC(NC(=O)c2ccc(-c3ccc4c(c3)CC3(CCN(C(=O)[O-])CC3)O4)cc2)CC1. The quantitative estimate of drug-likeness (QED) is 0.779. The van der Waals surface area contributed by atoms with Crippen LogP contribution in [-0.2, 0) is 6.42 Å². The van der Waals surface area contributed by atoms with Gasteiger partial charge < -0.3 is 29.8 Å². The molecular weight excluding hydrogens is 418 g/mol. The summed E-state index contributed by atoms with van der Waals surface area (Å²) in [4.78, 5) is 27.4. The number of hydrogen-bond donors (Lipinski definition) is 1. The molecule has 2 saturated heterocycles. The number of ether oxygens (including phenoxy) is 1. The monoisotopic (exact) mass is 448 g/mol. The van der Waals surface area contributed by atoms with Gasteiger partial charge in [-0.05, 0) is 73.9 Å². The van der Waals surface area contributed by atoms with Crippen molar-refractivity contribution >= 4 is 12.0 Å². The first-order valence-corrected chi connectivity index (χ1v) is 11.8. The summed E-state index contributed by atoms with van der Waals surface area (Å²) >= 11 is 0. The van der Waals surface area contributed by atoms with Gasteiger partial charge in [0.1, 0.15) is 17.4 Å². The summed E-state index contributed by atoms with van der Waals surface area (Å²) in [5.41, 5.74) is 3.66. The number of rotatable bonds is 3. The Hall–Kier alpha value is -3.06. The Kier molecular flexibility index (Phi) is 5.74. The molecule has 2 fully saturated rings. The molecule has 0 unspecified atom stereocenters. The average Bonchev–Trinajstić information content (AvgIpc) is 3.17. The third kappa shape index (κ3) is 4.55. The number of carboxylic acid groups (broad SMARTS) is 1. The largest absolute Gasteiger partial charge is 0.530 e. The summed E-state index contributed by atoms with van der Waals surface area (Å²) in [6.07, 6.45) is 3.01. The number of nitrogens with one attached hydrogen (secondary N) is 1. The number of amides is 2. The van der Waals surface area contributed by atoms with Crippen molar-refractivity contribution in [2.24, 2.45) is 0 Å². The molecule has 2 amide bonds. The Morgan fingerprint density at radius 3 is 2.33 bits per heavy atom. The molecule has 0 aliphatic carbocycles. The number of fused-ring (bicyclic) bond motifs is 1. The molecular formula is C26H30N3O4-. The lowest BCUT2D eigenvalue weighted by atomic mass is 9.86. The molecule has 0 saturated carbocycles. The van der Waals surface area contributed by atoms with Crippen LogP contribution in [0.2, 0.25) is 0 Å². The maximum absolute atomic E-state index is 12.6. The maximum Gasteiger partial charge on any atom is 0.251 e. The van der Waals surface area contributed by atoms with Gasteiger partial charge >= 0.3 is 0 Å². The highest BCUT2D eigenvalue weighted by Gasteiger charge is 2.42. The van der Waals surface area contributed by atoms with Crippen molar-refractivity contribution < 1.29 is 19.4 Å². The number of hydrogen-bond acceptors (Lipinski definition) is 5. The van der Waals surface area contributed by atoms with Crippen molar-refractivity contribution in [3.05, 3.63) is 53.6 Å². The third-order valence-corrected chi connectivity index (χ3v) is 7.37. The Morgan fingerprint density at radius 1 is 1.00 bits per heavy atom. The highest BCUT2D eigenvalue weighted by atomic mass is 16.5. The van der Waals surface area contributed by atoms with Crippen molar-refractivity contribution in [3.8, 4) is 16.9 Å². The Balaban J connectivity index is 1.24. The van der Waals surface area contributed by atoms with E-state index in [2.05, 4.69) is 23.3 Å². The van der Waals surface area contributed by atoms with E-state index >= 15 is 0 Å². The highest BCUT2D eigenvalue weighted by molar-refractivity contribution is 5.94. The van der Waals surface area contributed by atoms with Crippen LogP contribution in [0.1, 0.15) is 41.6 Å². The Bertz CT molecular complexity index is 1040. The lowest BCUT2D eigenvalue weighted by Gasteiger charge is -2.39. The molecule has 5 rings (SSSR count). The number of carbonyl (C=O) groups is 2. The van der Waals surface area contributed by atoms with Crippen LogP contribution >= 0.6 is 0 Å². The second-order valence-electron chi connectivity index (χ2n) is 9.67. The molecule has 3 aliphatic rings. The molecule has 7 nitrogen and oxygen atoms in total.